The SMILES string of the molecule is Cc1cc(/C=C/C(F)(F)F)ccc1C(=O)Nc1cnc2sc(CO)nc2c1. The molecule has 0 bridgehead atoms. The molecule has 0 atom stereocenters. The Kier molecular flexibility index (Phi) is 5.24. The van der Waals surface area contributed by atoms with E-state index in [0.29, 0.717) is 37.7 Å². The van der Waals surface area contributed by atoms with Crippen LogP contribution in [-0.4, -0.2) is 27.2 Å². The molecule has 9 heteroatoms. The van der Waals surface area contributed by atoms with Crippen molar-refractivity contribution in [3.63, 3.8) is 0 Å². The number of carbonyl (C=O) groups excluding carboxylic acids is 1. The molecule has 3 aromatic rings. The molecule has 0 fully saturated rings. The topological polar surface area (TPSA) is 75.1 Å². The number of aliphatic hydroxyl groups excluding tert-OH is 1. The lowest BCUT2D eigenvalue weighted by Crippen LogP contribution is -2.13. The Morgan fingerprint density at radius 3 is 2.78 bits per heavy atom. The highest BCUT2D eigenvalue weighted by Gasteiger charge is 2.21. The van der Waals surface area contributed by atoms with Crippen LogP contribution in [0.1, 0.15) is 26.5 Å². The summed E-state index contributed by atoms with van der Waals surface area (Å²) in [5.74, 6) is -0.405. The van der Waals surface area contributed by atoms with Gasteiger partial charge in [-0.15, -0.1) is 0 Å². The van der Waals surface area contributed by atoms with Crippen molar-refractivity contribution in [1.82, 2.24) is 9.97 Å². The summed E-state index contributed by atoms with van der Waals surface area (Å²) in [6.07, 6.45) is -1.80. The Bertz CT molecular complexity index is 1030. The Morgan fingerprint density at radius 1 is 1.33 bits per heavy atom. The van der Waals surface area contributed by atoms with E-state index in [2.05, 4.69) is 15.3 Å². The van der Waals surface area contributed by atoms with E-state index in [4.69, 9.17) is 5.11 Å². The number of aliphatic hydroxyl groups is 1. The summed E-state index contributed by atoms with van der Waals surface area (Å²) in [5, 5.41) is 12.3. The predicted octanol–water partition coefficient (Wildman–Crippen LogP) is 4.32. The number of anilines is 1. The Balaban J connectivity index is 1.78. The second-order valence-electron chi connectivity index (χ2n) is 5.72. The van der Waals surface area contributed by atoms with E-state index in [1.54, 1.807) is 13.0 Å². The number of thiazole rings is 1. The van der Waals surface area contributed by atoms with E-state index >= 15 is 0 Å². The molecule has 0 unspecified atom stereocenters. The standard InChI is InChI=1S/C18H14F3N3O2S/c1-10-6-11(4-5-18(19,20)21)2-3-13(10)16(26)23-12-7-14-17(22-8-12)27-15(9-25)24-14/h2-8,25H,9H2,1H3,(H,23,26)/b5-4+. The van der Waals surface area contributed by atoms with E-state index in [-0.39, 0.29) is 12.7 Å². The van der Waals surface area contributed by atoms with Crippen molar-refractivity contribution in [2.24, 2.45) is 0 Å². The van der Waals surface area contributed by atoms with Crippen molar-refractivity contribution < 1.29 is 23.1 Å². The average molecular weight is 393 g/mol. The van der Waals surface area contributed by atoms with Crippen molar-refractivity contribution in [3.8, 4) is 0 Å². The molecule has 1 aromatic carbocycles. The predicted molar refractivity (Wildman–Crippen MR) is 97.6 cm³/mol. The molecule has 0 radical (unpaired) electrons. The van der Waals surface area contributed by atoms with Crippen LogP contribution < -0.4 is 5.32 Å². The monoisotopic (exact) mass is 393 g/mol. The summed E-state index contributed by atoms with van der Waals surface area (Å²) in [6, 6.07) is 6.07. The van der Waals surface area contributed by atoms with Gasteiger partial charge >= 0.3 is 6.18 Å². The first kappa shape index (κ1) is 19.0. The number of amides is 1. The van der Waals surface area contributed by atoms with Gasteiger partial charge in [-0.05, 0) is 30.2 Å². The fourth-order valence-corrected chi connectivity index (χ4v) is 3.18. The van der Waals surface area contributed by atoms with Gasteiger partial charge in [0.25, 0.3) is 5.91 Å². The fraction of sp³-hybridized carbons (Fsp3) is 0.167. The molecule has 0 spiro atoms. The number of aryl methyl sites for hydroxylation is 1. The lowest BCUT2D eigenvalue weighted by atomic mass is 10.0. The number of benzene rings is 1. The molecule has 0 aliphatic heterocycles. The molecule has 0 aliphatic rings. The van der Waals surface area contributed by atoms with Gasteiger partial charge in [0.05, 0.1) is 18.5 Å². The number of rotatable bonds is 4. The van der Waals surface area contributed by atoms with Crippen LogP contribution in [0.4, 0.5) is 18.9 Å². The van der Waals surface area contributed by atoms with E-state index < -0.39 is 12.1 Å². The van der Waals surface area contributed by atoms with Crippen LogP contribution in [0.3, 0.4) is 0 Å². The Hall–Kier alpha value is -2.78. The maximum Gasteiger partial charge on any atom is 0.409 e. The van der Waals surface area contributed by atoms with Gasteiger partial charge in [-0.25, -0.2) is 9.97 Å². The molecule has 0 saturated heterocycles. The number of fused-ring (bicyclic) bond motifs is 1. The van der Waals surface area contributed by atoms with E-state index in [1.807, 2.05) is 0 Å². The van der Waals surface area contributed by atoms with Crippen LogP contribution in [-0.2, 0) is 6.61 Å². The first-order chi connectivity index (χ1) is 12.7. The number of hydrogen-bond donors (Lipinski definition) is 2. The zero-order chi connectivity index (χ0) is 19.6. The number of nitrogens with one attached hydrogen (secondary N) is 1. The smallest absolute Gasteiger partial charge is 0.389 e. The van der Waals surface area contributed by atoms with Crippen molar-refractivity contribution in [2.75, 3.05) is 5.32 Å². The number of hydrogen-bond acceptors (Lipinski definition) is 5. The quantitative estimate of drug-likeness (QED) is 0.692. The summed E-state index contributed by atoms with van der Waals surface area (Å²) in [7, 11) is 0. The Labute approximate surface area is 156 Å². The summed E-state index contributed by atoms with van der Waals surface area (Å²) in [4.78, 5) is 21.5. The first-order valence-corrected chi connectivity index (χ1v) is 8.61. The molecule has 0 aliphatic carbocycles. The van der Waals surface area contributed by atoms with Crippen LogP contribution >= 0.6 is 11.3 Å². The molecule has 3 rings (SSSR count). The Morgan fingerprint density at radius 2 is 2.11 bits per heavy atom. The summed E-state index contributed by atoms with van der Waals surface area (Å²) >= 11 is 1.26. The molecule has 0 saturated carbocycles. The number of nitrogens with zero attached hydrogens (tertiary/aromatic N) is 2. The average Bonchev–Trinajstić information content (AvgIpc) is 3.01. The lowest BCUT2D eigenvalue weighted by Gasteiger charge is -2.08. The molecule has 140 valence electrons. The van der Waals surface area contributed by atoms with Crippen LogP contribution in [0.2, 0.25) is 0 Å². The third kappa shape index (κ3) is 4.69. The molecule has 2 heterocycles. The van der Waals surface area contributed by atoms with Crippen molar-refractivity contribution in [2.45, 2.75) is 19.7 Å². The zero-order valence-electron chi connectivity index (χ0n) is 14.0. The second kappa shape index (κ2) is 7.45. The van der Waals surface area contributed by atoms with E-state index in [9.17, 15) is 18.0 Å². The highest BCUT2D eigenvalue weighted by Crippen LogP contribution is 2.23. The minimum absolute atomic E-state index is 0.150. The van der Waals surface area contributed by atoms with Crippen molar-refractivity contribution in [3.05, 3.63) is 58.2 Å². The molecule has 27 heavy (non-hydrogen) atoms. The van der Waals surface area contributed by atoms with Gasteiger partial charge in [-0.3, -0.25) is 4.79 Å². The van der Waals surface area contributed by atoms with E-state index in [0.717, 1.165) is 6.08 Å². The second-order valence-corrected chi connectivity index (χ2v) is 6.78. The number of pyridine rings is 1. The molecule has 1 amide bonds. The summed E-state index contributed by atoms with van der Waals surface area (Å²) in [6.45, 7) is 1.46. The number of alkyl halides is 3. The van der Waals surface area contributed by atoms with Gasteiger partial charge in [0, 0.05) is 11.6 Å². The summed E-state index contributed by atoms with van der Waals surface area (Å²) < 4.78 is 36.8. The van der Waals surface area contributed by atoms with Crippen LogP contribution in [0.5, 0.6) is 0 Å². The van der Waals surface area contributed by atoms with Gasteiger partial charge in [-0.1, -0.05) is 29.5 Å². The molecule has 2 aromatic heterocycles. The van der Waals surface area contributed by atoms with Gasteiger partial charge in [0.1, 0.15) is 15.4 Å². The van der Waals surface area contributed by atoms with Crippen LogP contribution in [0, 0.1) is 6.92 Å². The highest BCUT2D eigenvalue weighted by molar-refractivity contribution is 7.18. The number of allylic oxidation sites excluding steroid dienone is 1. The van der Waals surface area contributed by atoms with Crippen LogP contribution in [0.25, 0.3) is 16.4 Å². The third-order valence-electron chi connectivity index (χ3n) is 3.64. The van der Waals surface area contributed by atoms with Crippen molar-refractivity contribution >= 4 is 39.4 Å². The lowest BCUT2D eigenvalue weighted by molar-refractivity contribution is -0.0790. The molecular weight excluding hydrogens is 379 g/mol. The molecule has 5 nitrogen and oxygen atoms in total. The van der Waals surface area contributed by atoms with Gasteiger partial charge < -0.3 is 10.4 Å². The van der Waals surface area contributed by atoms with Gasteiger partial charge in [0.2, 0.25) is 0 Å². The maximum atomic E-state index is 12.5. The third-order valence-corrected chi connectivity index (χ3v) is 4.61. The first-order valence-electron chi connectivity index (χ1n) is 7.79. The maximum absolute atomic E-state index is 12.5. The highest BCUT2D eigenvalue weighted by atomic mass is 32.1. The zero-order valence-corrected chi connectivity index (χ0v) is 14.9. The largest absolute Gasteiger partial charge is 0.409 e. The molecule has 2 N–H and O–H groups in total. The number of aromatic nitrogens is 2. The van der Waals surface area contributed by atoms with Gasteiger partial charge in [-0.2, -0.15) is 13.2 Å². The molecular formula is C18H14F3N3O2S. The number of carbonyl (C=O) groups is 1. The number of halogens is 3. The van der Waals surface area contributed by atoms with E-state index in [1.165, 1.54) is 35.7 Å². The minimum atomic E-state index is -4.39. The minimum Gasteiger partial charge on any atom is -0.389 e. The fourth-order valence-electron chi connectivity index (χ4n) is 2.44. The normalized spacial score (nSPS) is 12.0. The van der Waals surface area contributed by atoms with Crippen molar-refractivity contribution in [1.29, 1.82) is 0 Å². The van der Waals surface area contributed by atoms with Crippen LogP contribution in [0.15, 0.2) is 36.5 Å². The summed E-state index contributed by atoms with van der Waals surface area (Å²) in [5.41, 5.74) is 2.23. The van der Waals surface area contributed by atoms with Gasteiger partial charge in [0.15, 0.2) is 0 Å².